The van der Waals surface area contributed by atoms with Gasteiger partial charge in [0.15, 0.2) is 5.78 Å². The molecule has 0 fully saturated rings. The lowest BCUT2D eigenvalue weighted by Crippen LogP contribution is -2.40. The monoisotopic (exact) mass is 419 g/mol. The standard InChI is InChI=1S/C21H29N3O4S/c1-7-24-15(3)18(14(2)19(24)21(27)28-6)16(25)13-23(11-10-22(4)5)20(26)17-9-8-12-29-17/h8-9,12H,7,10-11,13H2,1-6H3. The Bertz CT molecular complexity index is 884. The number of hydrogen-bond acceptors (Lipinski definition) is 6. The summed E-state index contributed by atoms with van der Waals surface area (Å²) in [5.74, 6) is -0.805. The summed E-state index contributed by atoms with van der Waals surface area (Å²) in [5, 5.41) is 1.84. The Hall–Kier alpha value is -2.45. The molecular formula is C21H29N3O4S. The molecule has 0 N–H and O–H groups in total. The average Bonchev–Trinajstić information content (AvgIpc) is 3.30. The Morgan fingerprint density at radius 3 is 2.38 bits per heavy atom. The molecule has 0 atom stereocenters. The van der Waals surface area contributed by atoms with E-state index in [9.17, 15) is 14.4 Å². The molecule has 2 aromatic rings. The molecule has 0 spiro atoms. The first-order chi connectivity index (χ1) is 13.7. The topological polar surface area (TPSA) is 71.9 Å². The van der Waals surface area contributed by atoms with Gasteiger partial charge in [-0.05, 0) is 51.9 Å². The summed E-state index contributed by atoms with van der Waals surface area (Å²) in [6.07, 6.45) is 0. The lowest BCUT2D eigenvalue weighted by atomic mass is 10.0. The van der Waals surface area contributed by atoms with Crippen LogP contribution in [0.1, 0.15) is 48.7 Å². The molecule has 8 heteroatoms. The molecule has 2 heterocycles. The maximum atomic E-state index is 13.2. The number of amides is 1. The molecule has 0 bridgehead atoms. The maximum absolute atomic E-state index is 13.2. The fourth-order valence-electron chi connectivity index (χ4n) is 3.44. The molecule has 158 valence electrons. The quantitative estimate of drug-likeness (QED) is 0.462. The molecular weight excluding hydrogens is 390 g/mol. The summed E-state index contributed by atoms with van der Waals surface area (Å²) < 4.78 is 6.69. The van der Waals surface area contributed by atoms with Crippen LogP contribution in [0.5, 0.6) is 0 Å². The van der Waals surface area contributed by atoms with Gasteiger partial charge in [-0.1, -0.05) is 6.07 Å². The van der Waals surface area contributed by atoms with Crippen molar-refractivity contribution in [3.8, 4) is 0 Å². The molecule has 0 aromatic carbocycles. The molecule has 2 rings (SSSR count). The molecule has 0 radical (unpaired) electrons. The van der Waals surface area contributed by atoms with Crippen LogP contribution in [0.25, 0.3) is 0 Å². The molecule has 7 nitrogen and oxygen atoms in total. The zero-order chi connectivity index (χ0) is 21.7. The van der Waals surface area contributed by atoms with Crippen LogP contribution in [0, 0.1) is 13.8 Å². The van der Waals surface area contributed by atoms with E-state index in [0.717, 1.165) is 0 Å². The van der Waals surface area contributed by atoms with Crippen LogP contribution in [-0.2, 0) is 11.3 Å². The maximum Gasteiger partial charge on any atom is 0.354 e. The fraction of sp³-hybridized carbons (Fsp3) is 0.476. The van der Waals surface area contributed by atoms with Crippen LogP contribution >= 0.6 is 11.3 Å². The molecule has 1 amide bonds. The summed E-state index contributed by atoms with van der Waals surface area (Å²) in [7, 11) is 5.18. The number of ketones is 1. The van der Waals surface area contributed by atoms with Crippen LogP contribution in [0.2, 0.25) is 0 Å². The van der Waals surface area contributed by atoms with Gasteiger partial charge in [-0.15, -0.1) is 11.3 Å². The lowest BCUT2D eigenvalue weighted by Gasteiger charge is -2.23. The lowest BCUT2D eigenvalue weighted by molar-refractivity contribution is 0.0587. The summed E-state index contributed by atoms with van der Waals surface area (Å²) in [4.78, 5) is 42.6. The third-order valence-electron chi connectivity index (χ3n) is 4.91. The first kappa shape index (κ1) is 22.8. The summed E-state index contributed by atoms with van der Waals surface area (Å²) in [6.45, 7) is 7.07. The highest BCUT2D eigenvalue weighted by molar-refractivity contribution is 7.12. The molecule has 0 saturated heterocycles. The van der Waals surface area contributed by atoms with Gasteiger partial charge in [0.1, 0.15) is 5.69 Å². The zero-order valence-electron chi connectivity index (χ0n) is 17.9. The second-order valence-corrected chi connectivity index (χ2v) is 8.05. The smallest absolute Gasteiger partial charge is 0.354 e. The van der Waals surface area contributed by atoms with Crippen molar-refractivity contribution >= 4 is 29.0 Å². The van der Waals surface area contributed by atoms with E-state index in [1.54, 1.807) is 22.5 Å². The van der Waals surface area contributed by atoms with E-state index in [2.05, 4.69) is 0 Å². The van der Waals surface area contributed by atoms with Crippen molar-refractivity contribution in [1.82, 2.24) is 14.4 Å². The number of thiophene rings is 1. The zero-order valence-corrected chi connectivity index (χ0v) is 18.8. The highest BCUT2D eigenvalue weighted by atomic mass is 32.1. The Labute approximate surface area is 175 Å². The number of esters is 1. The van der Waals surface area contributed by atoms with Gasteiger partial charge >= 0.3 is 5.97 Å². The first-order valence-electron chi connectivity index (χ1n) is 9.51. The van der Waals surface area contributed by atoms with E-state index >= 15 is 0 Å². The molecule has 0 aliphatic carbocycles. The van der Waals surface area contributed by atoms with E-state index in [1.807, 2.05) is 44.3 Å². The number of carbonyl (C=O) groups excluding carboxylic acids is 3. The number of methoxy groups -OCH3 is 1. The van der Waals surface area contributed by atoms with Crippen molar-refractivity contribution in [2.75, 3.05) is 40.8 Å². The third kappa shape index (κ3) is 4.94. The second kappa shape index (κ2) is 9.84. The van der Waals surface area contributed by atoms with E-state index < -0.39 is 5.97 Å². The van der Waals surface area contributed by atoms with Crippen molar-refractivity contribution < 1.29 is 19.1 Å². The Morgan fingerprint density at radius 2 is 1.86 bits per heavy atom. The van der Waals surface area contributed by atoms with E-state index in [1.165, 1.54) is 18.4 Å². The predicted molar refractivity (Wildman–Crippen MR) is 114 cm³/mol. The Balaban J connectivity index is 2.37. The minimum atomic E-state index is -0.467. The SMILES string of the molecule is CCn1c(C)c(C(=O)CN(CCN(C)C)C(=O)c2cccs2)c(C)c1C(=O)OC. The van der Waals surface area contributed by atoms with Gasteiger partial charge in [-0.3, -0.25) is 9.59 Å². The van der Waals surface area contributed by atoms with Gasteiger partial charge < -0.3 is 19.1 Å². The van der Waals surface area contributed by atoms with Gasteiger partial charge in [-0.2, -0.15) is 0 Å². The van der Waals surface area contributed by atoms with E-state index in [0.29, 0.717) is 47.0 Å². The summed E-state index contributed by atoms with van der Waals surface area (Å²) in [6, 6.07) is 3.59. The molecule has 0 aliphatic heterocycles. The van der Waals surface area contributed by atoms with Gasteiger partial charge in [0.05, 0.1) is 18.5 Å². The Morgan fingerprint density at radius 1 is 1.17 bits per heavy atom. The number of aromatic nitrogens is 1. The fourth-order valence-corrected chi connectivity index (χ4v) is 4.13. The van der Waals surface area contributed by atoms with E-state index in [4.69, 9.17) is 4.74 Å². The van der Waals surface area contributed by atoms with Crippen molar-refractivity contribution in [2.45, 2.75) is 27.3 Å². The normalized spacial score (nSPS) is 11.0. The molecule has 0 aliphatic rings. The van der Waals surface area contributed by atoms with Crippen molar-refractivity contribution in [2.24, 2.45) is 0 Å². The van der Waals surface area contributed by atoms with Gasteiger partial charge in [0, 0.05) is 30.9 Å². The molecule has 2 aromatic heterocycles. The summed E-state index contributed by atoms with van der Waals surface area (Å²) in [5.41, 5.74) is 2.19. The number of nitrogens with zero attached hydrogens (tertiary/aromatic N) is 3. The van der Waals surface area contributed by atoms with Crippen molar-refractivity contribution in [3.63, 3.8) is 0 Å². The van der Waals surface area contributed by atoms with Crippen LogP contribution in [0.4, 0.5) is 0 Å². The summed E-state index contributed by atoms with van der Waals surface area (Å²) >= 11 is 1.36. The van der Waals surface area contributed by atoms with Gasteiger partial charge in [0.2, 0.25) is 0 Å². The van der Waals surface area contributed by atoms with Crippen LogP contribution in [-0.4, -0.2) is 72.9 Å². The highest BCUT2D eigenvalue weighted by Crippen LogP contribution is 2.24. The average molecular weight is 420 g/mol. The van der Waals surface area contributed by atoms with Crippen LogP contribution in [0.15, 0.2) is 17.5 Å². The molecule has 0 unspecified atom stereocenters. The largest absolute Gasteiger partial charge is 0.464 e. The number of rotatable bonds is 9. The molecule has 0 saturated carbocycles. The number of likely N-dealkylation sites (N-methyl/N-ethyl adjacent to an activating group) is 1. The minimum absolute atomic E-state index is 0.0411. The Kier molecular flexibility index (Phi) is 7.75. The third-order valence-corrected chi connectivity index (χ3v) is 5.77. The first-order valence-corrected chi connectivity index (χ1v) is 10.4. The number of hydrogen-bond donors (Lipinski definition) is 0. The van der Waals surface area contributed by atoms with Crippen LogP contribution in [0.3, 0.4) is 0 Å². The number of carbonyl (C=O) groups is 3. The van der Waals surface area contributed by atoms with E-state index in [-0.39, 0.29) is 18.2 Å². The number of Topliss-reactive ketones (excluding diaryl/α,β-unsaturated/α-hetero) is 1. The minimum Gasteiger partial charge on any atom is -0.464 e. The van der Waals surface area contributed by atoms with Crippen molar-refractivity contribution in [3.05, 3.63) is 44.9 Å². The van der Waals surface area contributed by atoms with Gasteiger partial charge in [0.25, 0.3) is 5.91 Å². The molecule has 29 heavy (non-hydrogen) atoms. The second-order valence-electron chi connectivity index (χ2n) is 7.10. The highest BCUT2D eigenvalue weighted by Gasteiger charge is 2.28. The van der Waals surface area contributed by atoms with Crippen molar-refractivity contribution in [1.29, 1.82) is 0 Å². The predicted octanol–water partition coefficient (Wildman–Crippen LogP) is 2.86. The van der Waals surface area contributed by atoms with Crippen LogP contribution < -0.4 is 0 Å². The van der Waals surface area contributed by atoms with Gasteiger partial charge in [-0.25, -0.2) is 4.79 Å². The number of ether oxygens (including phenoxy) is 1.